The molecule has 0 bridgehead atoms. The first-order chi connectivity index (χ1) is 15.6. The van der Waals surface area contributed by atoms with Gasteiger partial charge in [0.1, 0.15) is 5.60 Å². The highest BCUT2D eigenvalue weighted by atomic mass is 35.5. The molecule has 1 aromatic heterocycles. The summed E-state index contributed by atoms with van der Waals surface area (Å²) in [7, 11) is 0. The molecule has 5 heteroatoms. The average molecular weight is 441 g/mol. The highest BCUT2D eigenvalue weighted by molar-refractivity contribution is 6.34. The average Bonchev–Trinajstić information content (AvgIpc) is 3.43. The van der Waals surface area contributed by atoms with Crippen LogP contribution in [0.15, 0.2) is 79.0 Å². The van der Waals surface area contributed by atoms with Crippen LogP contribution in [0.5, 0.6) is 0 Å². The molecule has 1 saturated heterocycles. The summed E-state index contributed by atoms with van der Waals surface area (Å²) in [5.74, 6) is -0.0495. The van der Waals surface area contributed by atoms with E-state index in [0.717, 1.165) is 28.5 Å². The van der Waals surface area contributed by atoms with Crippen molar-refractivity contribution in [3.63, 3.8) is 0 Å². The van der Waals surface area contributed by atoms with Crippen LogP contribution in [0.3, 0.4) is 0 Å². The molecule has 158 valence electrons. The minimum Gasteiger partial charge on any atom is -0.364 e. The van der Waals surface area contributed by atoms with Crippen LogP contribution in [0.2, 0.25) is 5.02 Å². The molecular weight excluding hydrogens is 420 g/mol. The quantitative estimate of drug-likeness (QED) is 0.394. The number of halogens is 1. The summed E-state index contributed by atoms with van der Waals surface area (Å²) in [6.45, 7) is 1.81. The standard InChI is InChI=1S/C27H21ClN2O2/c28-24-14-19(20-8-7-18-5-3-12-29-25(18)15-20)9-10-22(24)26(31)30-13-11-27(17-30)23-6-2-1-4-21(23)16-32-27/h1-10,12,14-15H,11,13,16-17H2/t27-/m0/s1. The molecule has 2 aliphatic heterocycles. The Bertz CT molecular complexity index is 1370. The van der Waals surface area contributed by atoms with Gasteiger partial charge in [0.25, 0.3) is 5.91 Å². The third-order valence-electron chi connectivity index (χ3n) is 6.67. The molecule has 0 saturated carbocycles. The lowest BCUT2D eigenvalue weighted by Crippen LogP contribution is -2.34. The molecule has 2 aliphatic rings. The normalized spacial score (nSPS) is 19.6. The number of carbonyl (C=O) groups excluding carboxylic acids is 1. The van der Waals surface area contributed by atoms with Gasteiger partial charge in [-0.3, -0.25) is 9.78 Å². The number of carbonyl (C=O) groups is 1. The lowest BCUT2D eigenvalue weighted by Gasteiger charge is -2.25. The number of hydrogen-bond donors (Lipinski definition) is 0. The van der Waals surface area contributed by atoms with E-state index in [-0.39, 0.29) is 5.91 Å². The van der Waals surface area contributed by atoms with Crippen molar-refractivity contribution >= 4 is 28.4 Å². The van der Waals surface area contributed by atoms with E-state index in [1.54, 1.807) is 6.20 Å². The van der Waals surface area contributed by atoms with Crippen molar-refractivity contribution in [1.82, 2.24) is 9.88 Å². The van der Waals surface area contributed by atoms with Crippen LogP contribution in [0, 0.1) is 0 Å². The third-order valence-corrected chi connectivity index (χ3v) is 6.98. The maximum Gasteiger partial charge on any atom is 0.255 e. The second kappa shape index (κ2) is 7.44. The van der Waals surface area contributed by atoms with Crippen molar-refractivity contribution in [3.8, 4) is 11.1 Å². The Balaban J connectivity index is 1.26. The molecule has 0 unspecified atom stereocenters. The van der Waals surface area contributed by atoms with Crippen LogP contribution in [0.4, 0.5) is 0 Å². The van der Waals surface area contributed by atoms with Gasteiger partial charge in [0.05, 0.1) is 29.3 Å². The van der Waals surface area contributed by atoms with E-state index < -0.39 is 5.60 Å². The van der Waals surface area contributed by atoms with Gasteiger partial charge in [-0.25, -0.2) is 0 Å². The molecule has 1 fully saturated rings. The Hall–Kier alpha value is -3.21. The zero-order chi connectivity index (χ0) is 21.7. The van der Waals surface area contributed by atoms with Gasteiger partial charge >= 0.3 is 0 Å². The molecule has 1 atom stereocenters. The van der Waals surface area contributed by atoms with Crippen molar-refractivity contribution in [1.29, 1.82) is 0 Å². The van der Waals surface area contributed by atoms with Crippen LogP contribution < -0.4 is 0 Å². The zero-order valence-electron chi connectivity index (χ0n) is 17.4. The SMILES string of the molecule is O=C(c1ccc(-c2ccc3cccnc3c2)cc1Cl)N1CC[C@@]2(C1)OCc1ccccc12. The van der Waals surface area contributed by atoms with Gasteiger partial charge in [0, 0.05) is 18.1 Å². The monoisotopic (exact) mass is 440 g/mol. The molecule has 0 N–H and O–H groups in total. The molecule has 32 heavy (non-hydrogen) atoms. The Kier molecular flexibility index (Phi) is 4.53. The third kappa shape index (κ3) is 3.10. The number of hydrogen-bond acceptors (Lipinski definition) is 3. The second-order valence-corrected chi connectivity index (χ2v) is 8.93. The molecular formula is C27H21ClN2O2. The number of likely N-dealkylation sites (tertiary alicyclic amines) is 1. The van der Waals surface area contributed by atoms with Crippen molar-refractivity contribution < 1.29 is 9.53 Å². The fourth-order valence-corrected chi connectivity index (χ4v) is 5.22. The van der Waals surface area contributed by atoms with E-state index in [1.807, 2.05) is 59.5 Å². The van der Waals surface area contributed by atoms with E-state index in [9.17, 15) is 4.79 Å². The van der Waals surface area contributed by atoms with E-state index in [0.29, 0.717) is 30.3 Å². The summed E-state index contributed by atoms with van der Waals surface area (Å²) < 4.78 is 6.20. The Morgan fingerprint density at radius 1 is 1.00 bits per heavy atom. The highest BCUT2D eigenvalue weighted by Crippen LogP contribution is 2.43. The maximum atomic E-state index is 13.3. The molecule has 1 amide bonds. The minimum absolute atomic E-state index is 0.0495. The first-order valence-electron chi connectivity index (χ1n) is 10.8. The lowest BCUT2D eigenvalue weighted by atomic mass is 9.92. The molecule has 4 aromatic rings. The Morgan fingerprint density at radius 3 is 2.75 bits per heavy atom. The molecule has 6 rings (SSSR count). The first-order valence-corrected chi connectivity index (χ1v) is 11.2. The fraction of sp³-hybridized carbons (Fsp3) is 0.185. The zero-order valence-corrected chi connectivity index (χ0v) is 18.2. The van der Waals surface area contributed by atoms with Crippen LogP contribution in [-0.2, 0) is 16.9 Å². The van der Waals surface area contributed by atoms with Crippen LogP contribution >= 0.6 is 11.6 Å². The van der Waals surface area contributed by atoms with E-state index in [1.165, 1.54) is 11.1 Å². The molecule has 0 aliphatic carbocycles. The number of rotatable bonds is 2. The topological polar surface area (TPSA) is 42.4 Å². The van der Waals surface area contributed by atoms with Crippen LogP contribution in [0.25, 0.3) is 22.0 Å². The van der Waals surface area contributed by atoms with Crippen molar-refractivity contribution in [2.75, 3.05) is 13.1 Å². The minimum atomic E-state index is -0.392. The summed E-state index contributed by atoms with van der Waals surface area (Å²) in [6.07, 6.45) is 2.59. The van der Waals surface area contributed by atoms with E-state index in [4.69, 9.17) is 16.3 Å². The first kappa shape index (κ1) is 19.5. The molecule has 3 heterocycles. The Labute approximate surface area is 191 Å². The van der Waals surface area contributed by atoms with Gasteiger partial charge in [-0.2, -0.15) is 0 Å². The number of benzene rings is 3. The molecule has 4 nitrogen and oxygen atoms in total. The van der Waals surface area contributed by atoms with E-state index in [2.05, 4.69) is 23.2 Å². The number of nitrogens with zero attached hydrogens (tertiary/aromatic N) is 2. The molecule has 0 radical (unpaired) electrons. The van der Waals surface area contributed by atoms with Crippen LogP contribution in [-0.4, -0.2) is 28.9 Å². The van der Waals surface area contributed by atoms with Gasteiger partial charge in [-0.05, 0) is 52.9 Å². The smallest absolute Gasteiger partial charge is 0.255 e. The summed E-state index contributed by atoms with van der Waals surface area (Å²) in [4.78, 5) is 19.6. The summed E-state index contributed by atoms with van der Waals surface area (Å²) in [6, 6.07) is 24.1. The van der Waals surface area contributed by atoms with Gasteiger partial charge in [0.2, 0.25) is 0 Å². The van der Waals surface area contributed by atoms with Crippen LogP contribution in [0.1, 0.15) is 27.9 Å². The molecule has 1 spiro atoms. The lowest BCUT2D eigenvalue weighted by molar-refractivity contribution is -0.0282. The van der Waals surface area contributed by atoms with Crippen molar-refractivity contribution in [2.45, 2.75) is 18.6 Å². The van der Waals surface area contributed by atoms with Crippen molar-refractivity contribution in [2.24, 2.45) is 0 Å². The van der Waals surface area contributed by atoms with Gasteiger partial charge in [-0.1, -0.05) is 60.1 Å². The van der Waals surface area contributed by atoms with Gasteiger partial charge < -0.3 is 9.64 Å². The molecule has 3 aromatic carbocycles. The fourth-order valence-electron chi connectivity index (χ4n) is 4.96. The van der Waals surface area contributed by atoms with Gasteiger partial charge in [-0.15, -0.1) is 0 Å². The summed E-state index contributed by atoms with van der Waals surface area (Å²) in [5.41, 5.74) is 5.48. The van der Waals surface area contributed by atoms with E-state index >= 15 is 0 Å². The predicted molar refractivity (Wildman–Crippen MR) is 126 cm³/mol. The predicted octanol–water partition coefficient (Wildman–Crippen LogP) is 5.83. The van der Waals surface area contributed by atoms with Gasteiger partial charge in [0.15, 0.2) is 0 Å². The summed E-state index contributed by atoms with van der Waals surface area (Å²) >= 11 is 6.61. The van der Waals surface area contributed by atoms with Crippen molar-refractivity contribution in [3.05, 3.63) is 101 Å². The largest absolute Gasteiger partial charge is 0.364 e. The number of amides is 1. The number of pyridine rings is 1. The number of ether oxygens (including phenoxy) is 1. The maximum absolute atomic E-state index is 13.3. The summed E-state index contributed by atoms with van der Waals surface area (Å²) in [5, 5.41) is 1.55. The highest BCUT2D eigenvalue weighted by Gasteiger charge is 2.46. The Morgan fingerprint density at radius 2 is 1.84 bits per heavy atom. The number of aromatic nitrogens is 1. The number of fused-ring (bicyclic) bond motifs is 3. The second-order valence-electron chi connectivity index (χ2n) is 8.52.